The first kappa shape index (κ1) is 30.5. The van der Waals surface area contributed by atoms with Crippen LogP contribution < -0.4 is 18.9 Å². The van der Waals surface area contributed by atoms with Gasteiger partial charge >= 0.3 is 0 Å². The molecule has 0 bridgehead atoms. The highest BCUT2D eigenvalue weighted by Gasteiger charge is 2.42. The lowest BCUT2D eigenvalue weighted by molar-refractivity contribution is -0.0781. The van der Waals surface area contributed by atoms with Gasteiger partial charge in [0, 0.05) is 50.0 Å². The van der Waals surface area contributed by atoms with Gasteiger partial charge in [0.25, 0.3) is 5.91 Å². The molecule has 1 spiro atoms. The Morgan fingerprint density at radius 1 is 1.07 bits per heavy atom. The van der Waals surface area contributed by atoms with E-state index in [0.29, 0.717) is 18.9 Å². The van der Waals surface area contributed by atoms with Crippen molar-refractivity contribution in [3.8, 4) is 23.0 Å². The number of carbonyl (C=O) groups excluding carboxylic acids is 1. The highest BCUT2D eigenvalue weighted by atomic mass is 35.5. The van der Waals surface area contributed by atoms with E-state index in [2.05, 4.69) is 4.90 Å². The Hall–Kier alpha value is -3.54. The fourth-order valence-electron chi connectivity index (χ4n) is 5.89. The normalized spacial score (nSPS) is 19.8. The number of aliphatic hydroxyl groups is 2. The summed E-state index contributed by atoms with van der Waals surface area (Å²) in [6.45, 7) is 2.39. The second-order valence-corrected chi connectivity index (χ2v) is 12.0. The van der Waals surface area contributed by atoms with Crippen molar-refractivity contribution in [2.75, 3.05) is 46.5 Å². The number of fused-ring (bicyclic) bond motifs is 1. The van der Waals surface area contributed by atoms with Crippen LogP contribution in [0.3, 0.4) is 0 Å². The molecule has 44 heavy (non-hydrogen) atoms. The lowest BCUT2D eigenvalue weighted by atomic mass is 9.87. The molecule has 234 valence electrons. The number of halogens is 1. The molecule has 10 nitrogen and oxygen atoms in total. The zero-order valence-corrected chi connectivity index (χ0v) is 25.4. The third kappa shape index (κ3) is 7.06. The first-order chi connectivity index (χ1) is 21.3. The highest BCUT2D eigenvalue weighted by molar-refractivity contribution is 6.30. The summed E-state index contributed by atoms with van der Waals surface area (Å²) in [4.78, 5) is 20.8. The highest BCUT2D eigenvalue weighted by Crippen LogP contribution is 2.42. The van der Waals surface area contributed by atoms with Gasteiger partial charge in [-0.2, -0.15) is 0 Å². The third-order valence-electron chi connectivity index (χ3n) is 8.30. The Labute approximate surface area is 261 Å². The lowest BCUT2D eigenvalue weighted by Gasteiger charge is -2.39. The molecule has 0 unspecified atom stereocenters. The largest absolute Gasteiger partial charge is 0.497 e. The molecule has 0 aromatic heterocycles. The summed E-state index contributed by atoms with van der Waals surface area (Å²) in [7, 11) is 1.61. The number of ether oxygens (including phenoxy) is 4. The van der Waals surface area contributed by atoms with Crippen molar-refractivity contribution in [2.24, 2.45) is 0 Å². The average molecular weight is 625 g/mol. The molecular formula is C33H37ClN2O8. The van der Waals surface area contributed by atoms with Crippen LogP contribution in [0.25, 0.3) is 0 Å². The summed E-state index contributed by atoms with van der Waals surface area (Å²) in [5, 5.41) is 22.6. The van der Waals surface area contributed by atoms with Gasteiger partial charge in [-0.1, -0.05) is 23.7 Å². The summed E-state index contributed by atoms with van der Waals surface area (Å²) < 4.78 is 23.6. The van der Waals surface area contributed by atoms with Crippen molar-refractivity contribution < 1.29 is 38.8 Å². The maximum Gasteiger partial charge on any atom is 0.281 e. The Balaban J connectivity index is 1.06. The second-order valence-electron chi connectivity index (χ2n) is 11.6. The number of carbonyl (C=O) groups is 1. The molecule has 3 aliphatic rings. The predicted molar refractivity (Wildman–Crippen MR) is 162 cm³/mol. The molecular weight excluding hydrogens is 588 g/mol. The van der Waals surface area contributed by atoms with Gasteiger partial charge in [-0.15, -0.1) is 0 Å². The minimum Gasteiger partial charge on any atom is -0.497 e. The summed E-state index contributed by atoms with van der Waals surface area (Å²) in [6, 6.07) is 18.3. The van der Waals surface area contributed by atoms with Crippen LogP contribution in [0.15, 0.2) is 60.7 Å². The summed E-state index contributed by atoms with van der Waals surface area (Å²) >= 11 is 6.18. The molecule has 11 heteroatoms. The summed E-state index contributed by atoms with van der Waals surface area (Å²) in [5.41, 5.74) is 2.12. The second kappa shape index (κ2) is 13.2. The number of amides is 1. The molecule has 6 rings (SSSR count). The number of hydrogen-bond donors (Lipinski definition) is 2. The van der Waals surface area contributed by atoms with Gasteiger partial charge in [0.05, 0.1) is 19.2 Å². The maximum absolute atomic E-state index is 13.2. The van der Waals surface area contributed by atoms with Gasteiger partial charge in [-0.05, 0) is 53.6 Å². The van der Waals surface area contributed by atoms with Crippen LogP contribution >= 0.6 is 11.6 Å². The van der Waals surface area contributed by atoms with E-state index >= 15 is 0 Å². The van der Waals surface area contributed by atoms with Crippen molar-refractivity contribution in [1.82, 2.24) is 9.96 Å². The van der Waals surface area contributed by atoms with Crippen LogP contribution in [0, 0.1) is 0 Å². The number of hydrogen-bond acceptors (Lipinski definition) is 9. The number of aliphatic hydroxyl groups excluding tert-OH is 2. The van der Waals surface area contributed by atoms with E-state index in [9.17, 15) is 15.0 Å². The van der Waals surface area contributed by atoms with Crippen LogP contribution in [0.2, 0.25) is 5.02 Å². The number of piperidine rings is 1. The Bertz CT molecular complexity index is 1460. The molecule has 3 aliphatic heterocycles. The van der Waals surface area contributed by atoms with Crippen molar-refractivity contribution in [3.05, 3.63) is 82.4 Å². The number of methoxy groups -OCH3 is 1. The summed E-state index contributed by atoms with van der Waals surface area (Å²) in [6.07, 6.45) is 0.999. The minimum atomic E-state index is -0.791. The van der Waals surface area contributed by atoms with Crippen LogP contribution in [0.4, 0.5) is 0 Å². The topological polar surface area (TPSA) is 110 Å². The average Bonchev–Trinajstić information content (AvgIpc) is 3.63. The SMILES string of the molecule is COc1ccc(COc2ccc(C(=O)N3C[C@@H](O)CO3)c(OC[C@H](O)CN3CCC4(CC3)Cc3cc(Cl)ccc3O4)c2)cc1. The van der Waals surface area contributed by atoms with Gasteiger partial charge in [0.2, 0.25) is 0 Å². The van der Waals surface area contributed by atoms with Crippen LogP contribution in [0.5, 0.6) is 23.0 Å². The van der Waals surface area contributed by atoms with Gasteiger partial charge < -0.3 is 34.1 Å². The van der Waals surface area contributed by atoms with Crippen LogP contribution in [-0.4, -0.2) is 90.4 Å². The quantitative estimate of drug-likeness (QED) is 0.347. The van der Waals surface area contributed by atoms with Crippen molar-refractivity contribution in [3.63, 3.8) is 0 Å². The van der Waals surface area contributed by atoms with Gasteiger partial charge in [-0.3, -0.25) is 9.63 Å². The molecule has 3 aromatic carbocycles. The van der Waals surface area contributed by atoms with E-state index in [0.717, 1.165) is 65.1 Å². The molecule has 2 atom stereocenters. The van der Waals surface area contributed by atoms with E-state index in [1.165, 1.54) is 0 Å². The molecule has 1 amide bonds. The molecule has 2 N–H and O–H groups in total. The first-order valence-corrected chi connectivity index (χ1v) is 15.2. The van der Waals surface area contributed by atoms with Crippen LogP contribution in [0.1, 0.15) is 34.3 Å². The Kier molecular flexibility index (Phi) is 9.16. The Morgan fingerprint density at radius 3 is 2.57 bits per heavy atom. The molecule has 3 heterocycles. The Morgan fingerprint density at radius 2 is 1.84 bits per heavy atom. The number of rotatable bonds is 10. The fourth-order valence-corrected chi connectivity index (χ4v) is 6.08. The zero-order valence-electron chi connectivity index (χ0n) is 24.6. The minimum absolute atomic E-state index is 0.0201. The number of nitrogens with zero attached hydrogens (tertiary/aromatic N) is 2. The van der Waals surface area contributed by atoms with E-state index < -0.39 is 18.1 Å². The molecule has 2 saturated heterocycles. The zero-order chi connectivity index (χ0) is 30.7. The molecule has 0 saturated carbocycles. The van der Waals surface area contributed by atoms with Gasteiger partial charge in [0.1, 0.15) is 60.6 Å². The van der Waals surface area contributed by atoms with E-state index in [-0.39, 0.29) is 36.7 Å². The number of likely N-dealkylation sites (tertiary alicyclic amines) is 1. The fraction of sp³-hybridized carbons (Fsp3) is 0.424. The summed E-state index contributed by atoms with van der Waals surface area (Å²) in [5.74, 6) is 2.00. The maximum atomic E-state index is 13.2. The van der Waals surface area contributed by atoms with E-state index in [1.54, 1.807) is 25.3 Å². The van der Waals surface area contributed by atoms with Crippen LogP contribution in [-0.2, 0) is 17.9 Å². The third-order valence-corrected chi connectivity index (χ3v) is 8.54. The van der Waals surface area contributed by atoms with Crippen molar-refractivity contribution >= 4 is 17.5 Å². The number of β-amino-alcohol motifs (C(OH)–C–C–N with tert-alkyl or cyclic N) is 2. The molecule has 0 radical (unpaired) electrons. The monoisotopic (exact) mass is 624 g/mol. The smallest absolute Gasteiger partial charge is 0.281 e. The molecule has 2 fully saturated rings. The lowest BCUT2D eigenvalue weighted by Crippen LogP contribution is -2.49. The standard InChI is InChI=1S/C33H37ClN2O8/c1-40-27-5-2-22(3-6-27)19-41-28-7-8-29(32(39)36-18-26(38)21-43-36)31(15-28)42-20-25(37)17-35-12-10-33(11-13-35)16-23-14-24(34)4-9-30(23)44-33/h2-9,14-15,25-26,37-38H,10-13,16-21H2,1H3/t25-,26-/m1/s1. The first-order valence-electron chi connectivity index (χ1n) is 14.8. The number of benzene rings is 3. The van der Waals surface area contributed by atoms with E-state index in [1.807, 2.05) is 42.5 Å². The van der Waals surface area contributed by atoms with E-state index in [4.69, 9.17) is 35.4 Å². The predicted octanol–water partition coefficient (Wildman–Crippen LogP) is 3.89. The van der Waals surface area contributed by atoms with Gasteiger partial charge in [-0.25, -0.2) is 5.06 Å². The number of hydroxylamine groups is 2. The van der Waals surface area contributed by atoms with Gasteiger partial charge in [0.15, 0.2) is 0 Å². The van der Waals surface area contributed by atoms with Crippen molar-refractivity contribution in [2.45, 2.75) is 43.7 Å². The van der Waals surface area contributed by atoms with Crippen molar-refractivity contribution in [1.29, 1.82) is 0 Å². The molecule has 3 aromatic rings. The molecule has 0 aliphatic carbocycles.